The molecule has 1 fully saturated rings. The molecule has 7 rings (SSSR count). The van der Waals surface area contributed by atoms with Crippen LogP contribution in [0.1, 0.15) is 137 Å². The summed E-state index contributed by atoms with van der Waals surface area (Å²) in [4.78, 5) is 105. The van der Waals surface area contributed by atoms with Crippen molar-refractivity contribution in [3.8, 4) is 0 Å². The average Bonchev–Trinajstić information content (AvgIpc) is 3.98. The van der Waals surface area contributed by atoms with E-state index in [0.717, 1.165) is 47.6 Å². The highest BCUT2D eigenvalue weighted by Gasteiger charge is 2.47. The summed E-state index contributed by atoms with van der Waals surface area (Å²) in [6, 6.07) is 18.3. The third kappa shape index (κ3) is 13.7. The van der Waals surface area contributed by atoms with Crippen LogP contribution < -0.4 is 31.9 Å². The quantitative estimate of drug-likeness (QED) is 0.0715. The molecule has 0 saturated carbocycles. The zero-order chi connectivity index (χ0) is 57.7. The molecule has 0 radical (unpaired) electrons. The van der Waals surface area contributed by atoms with Crippen LogP contribution in [0.15, 0.2) is 91.0 Å². The molecule has 6 N–H and O–H groups in total. The molecule has 4 aromatic rings. The molecule has 18 heteroatoms. The molecule has 4 aromatic carbocycles. The van der Waals surface area contributed by atoms with E-state index in [1.807, 2.05) is 84.0 Å². The summed E-state index contributed by atoms with van der Waals surface area (Å²) in [6.45, 7) is 15.9. The van der Waals surface area contributed by atoms with Gasteiger partial charge in [-0.25, -0.2) is 8.78 Å². The van der Waals surface area contributed by atoms with Crippen molar-refractivity contribution < 1.29 is 42.3 Å². The molecule has 424 valence electrons. The molecule has 79 heavy (non-hydrogen) atoms. The van der Waals surface area contributed by atoms with E-state index in [-0.39, 0.29) is 61.5 Å². The molecule has 9 unspecified atom stereocenters. The number of fused-ring (bicyclic) bond motifs is 2. The monoisotopic (exact) mass is 1090 g/mol. The number of rotatable bonds is 17. The predicted octanol–water partition coefficient (Wildman–Crippen LogP) is 6.18. The van der Waals surface area contributed by atoms with Gasteiger partial charge in [0.2, 0.25) is 35.4 Å². The molecular formula is C61H79F2N9O7. The molecule has 7 amide bonds. The SMILES string of the molecule is CNC(C)C(=O)NC(C(=O)N1CC(NC(=O)c2ccc(CN(C(=O)C3Cc4ccccc4CN3C(=O)C(NC(=O)C(C)NC)C(C)(C)C)C(C)c3cccc(F)c3F)cc2)CC1C(=O)NC1CCCc2ccccc21)C(C)(C)C. The lowest BCUT2D eigenvalue weighted by Gasteiger charge is -2.43. The normalized spacial score (nSPS) is 20.1. The number of hydrogen-bond donors (Lipinski definition) is 6. The van der Waals surface area contributed by atoms with Gasteiger partial charge in [0.05, 0.1) is 24.2 Å². The third-order valence-corrected chi connectivity index (χ3v) is 15.9. The number of benzene rings is 4. The second-order valence-corrected chi connectivity index (χ2v) is 23.6. The highest BCUT2D eigenvalue weighted by molar-refractivity contribution is 5.97. The van der Waals surface area contributed by atoms with Crippen LogP contribution in [0.2, 0.25) is 0 Å². The van der Waals surface area contributed by atoms with Gasteiger partial charge in [-0.15, -0.1) is 0 Å². The Bertz CT molecular complexity index is 2900. The van der Waals surface area contributed by atoms with Crippen molar-refractivity contribution in [3.63, 3.8) is 0 Å². The van der Waals surface area contributed by atoms with Gasteiger partial charge < -0.3 is 46.6 Å². The van der Waals surface area contributed by atoms with E-state index in [9.17, 15) is 33.2 Å². The number of hydrogen-bond acceptors (Lipinski definition) is 9. The first-order valence-electron chi connectivity index (χ1n) is 27.5. The minimum absolute atomic E-state index is 0.0132. The second kappa shape index (κ2) is 25.0. The van der Waals surface area contributed by atoms with Crippen molar-refractivity contribution in [2.75, 3.05) is 20.6 Å². The van der Waals surface area contributed by atoms with Crippen molar-refractivity contribution in [1.29, 1.82) is 0 Å². The molecule has 2 aliphatic heterocycles. The van der Waals surface area contributed by atoms with Gasteiger partial charge >= 0.3 is 0 Å². The van der Waals surface area contributed by atoms with Crippen molar-refractivity contribution in [3.05, 3.63) is 142 Å². The number of likely N-dealkylation sites (N-methyl/N-ethyl adjacent to an activating group) is 2. The largest absolute Gasteiger partial charge is 0.347 e. The first-order chi connectivity index (χ1) is 37.3. The summed E-state index contributed by atoms with van der Waals surface area (Å²) in [6.07, 6.45) is 2.69. The van der Waals surface area contributed by atoms with Gasteiger partial charge in [0, 0.05) is 43.2 Å². The number of amides is 7. The van der Waals surface area contributed by atoms with Gasteiger partial charge in [-0.05, 0) is 117 Å². The van der Waals surface area contributed by atoms with Gasteiger partial charge in [-0.2, -0.15) is 0 Å². The van der Waals surface area contributed by atoms with Crippen LogP contribution in [0.25, 0.3) is 0 Å². The van der Waals surface area contributed by atoms with E-state index in [1.165, 1.54) is 26.8 Å². The predicted molar refractivity (Wildman–Crippen MR) is 298 cm³/mol. The smallest absolute Gasteiger partial charge is 0.251 e. The molecule has 0 spiro atoms. The fourth-order valence-electron chi connectivity index (χ4n) is 10.8. The zero-order valence-electron chi connectivity index (χ0n) is 47.5. The van der Waals surface area contributed by atoms with Crippen LogP contribution >= 0.6 is 0 Å². The van der Waals surface area contributed by atoms with Gasteiger partial charge in [-0.3, -0.25) is 33.6 Å². The fraction of sp³-hybridized carbons (Fsp3) is 0.492. The first-order valence-corrected chi connectivity index (χ1v) is 27.5. The van der Waals surface area contributed by atoms with E-state index in [1.54, 1.807) is 59.1 Å². The average molecular weight is 1090 g/mol. The van der Waals surface area contributed by atoms with Gasteiger partial charge in [0.15, 0.2) is 11.6 Å². The van der Waals surface area contributed by atoms with Crippen molar-refractivity contribution in [2.45, 2.75) is 162 Å². The lowest BCUT2D eigenvalue weighted by molar-refractivity contribution is -0.152. The van der Waals surface area contributed by atoms with E-state index >= 15 is 9.18 Å². The summed E-state index contributed by atoms with van der Waals surface area (Å²) >= 11 is 0. The van der Waals surface area contributed by atoms with E-state index < -0.39 is 100 Å². The molecule has 9 atom stereocenters. The Kier molecular flexibility index (Phi) is 18.8. The maximum atomic E-state index is 15.8. The van der Waals surface area contributed by atoms with Gasteiger partial charge in [0.1, 0.15) is 24.2 Å². The number of nitrogens with one attached hydrogen (secondary N) is 6. The maximum Gasteiger partial charge on any atom is 0.251 e. The molecule has 0 aromatic heterocycles. The lowest BCUT2D eigenvalue weighted by atomic mass is 9.84. The molecule has 16 nitrogen and oxygen atoms in total. The second-order valence-electron chi connectivity index (χ2n) is 23.6. The molecule has 2 heterocycles. The summed E-state index contributed by atoms with van der Waals surface area (Å²) in [5.74, 6) is -5.32. The minimum atomic E-state index is -1.12. The Balaban J connectivity index is 1.16. The van der Waals surface area contributed by atoms with Crippen molar-refractivity contribution in [1.82, 2.24) is 46.6 Å². The van der Waals surface area contributed by atoms with Crippen LogP contribution in [0, 0.1) is 22.5 Å². The molecule has 1 aliphatic carbocycles. The number of carbonyl (C=O) groups excluding carboxylic acids is 7. The number of nitrogens with zero attached hydrogens (tertiary/aromatic N) is 3. The Hall–Kier alpha value is -7.05. The maximum absolute atomic E-state index is 15.8. The first kappa shape index (κ1) is 59.6. The molecular weight excluding hydrogens is 1010 g/mol. The summed E-state index contributed by atoms with van der Waals surface area (Å²) < 4.78 is 30.7. The van der Waals surface area contributed by atoms with Crippen molar-refractivity contribution in [2.24, 2.45) is 10.8 Å². The van der Waals surface area contributed by atoms with Crippen LogP contribution in [-0.4, -0.2) is 119 Å². The zero-order valence-corrected chi connectivity index (χ0v) is 47.5. The number of halogens is 2. The van der Waals surface area contributed by atoms with Gasteiger partial charge in [0.25, 0.3) is 5.91 Å². The topological polar surface area (TPSA) is 201 Å². The Morgan fingerprint density at radius 1 is 0.671 bits per heavy atom. The van der Waals surface area contributed by atoms with E-state index in [4.69, 9.17) is 0 Å². The standard InChI is InChI=1S/C61H79F2N9O7/c1-35(64-10)53(73)68-51(60(4,5)6)58(78)71-33-42-20-13-12-19-41(42)30-49(71)57(77)70(37(3)44-23-17-24-46(62)50(44)63)32-38-26-28-40(29-27-38)55(75)66-43-31-48(56(76)67-47-25-16-21-39-18-14-15-22-45(39)47)72(34-43)59(79)52(61(7,8)9)69-54(74)36(2)65-11/h12-15,17-20,22-24,26-29,35-37,43,47-49,51-52,64-65H,16,21,25,30-34H2,1-11H3,(H,66,75)(H,67,76)(H,68,73)(H,69,74). The summed E-state index contributed by atoms with van der Waals surface area (Å²) in [5.41, 5.74) is 2.98. The summed E-state index contributed by atoms with van der Waals surface area (Å²) in [5, 5.41) is 17.9. The highest BCUT2D eigenvalue weighted by Crippen LogP contribution is 2.35. The van der Waals surface area contributed by atoms with Crippen LogP contribution in [-0.2, 0) is 54.7 Å². The number of aryl methyl sites for hydroxylation is 1. The van der Waals surface area contributed by atoms with Crippen LogP contribution in [0.4, 0.5) is 8.78 Å². The van der Waals surface area contributed by atoms with Crippen LogP contribution in [0.3, 0.4) is 0 Å². The van der Waals surface area contributed by atoms with Crippen molar-refractivity contribution >= 4 is 41.4 Å². The molecule has 1 saturated heterocycles. The Morgan fingerprint density at radius 2 is 1.24 bits per heavy atom. The number of carbonyl (C=O) groups is 7. The van der Waals surface area contributed by atoms with E-state index in [0.29, 0.717) is 5.56 Å². The number of likely N-dealkylation sites (tertiary alicyclic amines) is 1. The third-order valence-electron chi connectivity index (χ3n) is 15.9. The van der Waals surface area contributed by atoms with Crippen LogP contribution in [0.5, 0.6) is 0 Å². The highest BCUT2D eigenvalue weighted by atomic mass is 19.2. The van der Waals surface area contributed by atoms with E-state index in [2.05, 4.69) is 38.0 Å². The minimum Gasteiger partial charge on any atom is -0.347 e. The fourth-order valence-corrected chi connectivity index (χ4v) is 10.8. The lowest BCUT2D eigenvalue weighted by Crippen LogP contribution is -2.62. The molecule has 3 aliphatic rings. The Labute approximate surface area is 463 Å². The van der Waals surface area contributed by atoms with Gasteiger partial charge in [-0.1, -0.05) is 114 Å². The Morgan fingerprint density at radius 3 is 1.84 bits per heavy atom. The summed E-state index contributed by atoms with van der Waals surface area (Å²) in [7, 11) is 3.28. The molecule has 0 bridgehead atoms.